The number of esters is 1. The number of fused-ring (bicyclic) bond motifs is 2. The van der Waals surface area contributed by atoms with Crippen molar-refractivity contribution < 1.29 is 14.3 Å². The molecule has 3 rings (SSSR count). The molecule has 0 aromatic rings. The fourth-order valence-electron chi connectivity index (χ4n) is 3.84. The van der Waals surface area contributed by atoms with E-state index in [-0.39, 0.29) is 29.3 Å². The summed E-state index contributed by atoms with van der Waals surface area (Å²) in [6.07, 6.45) is 7.41. The standard InChI is InChI=1S/C20H25NO3/c1-6-11(2)19(23)24-17-8-7-14-9-16-15(12(3)18(22)21-16)10-20(14,5)13(17)4/h6-7,9,13,17H,8,10H2,1-5H3,(H,21,22)/b11-6-/t13-,17-,20+/m0/s1. The maximum Gasteiger partial charge on any atom is 0.333 e. The van der Waals surface area contributed by atoms with Crippen LogP contribution in [0.4, 0.5) is 0 Å². The quantitative estimate of drug-likeness (QED) is 0.623. The maximum atomic E-state index is 12.1. The van der Waals surface area contributed by atoms with E-state index in [9.17, 15) is 9.59 Å². The van der Waals surface area contributed by atoms with Gasteiger partial charge in [0.15, 0.2) is 0 Å². The monoisotopic (exact) mass is 327 g/mol. The summed E-state index contributed by atoms with van der Waals surface area (Å²) in [6, 6.07) is 0. The van der Waals surface area contributed by atoms with E-state index in [1.165, 1.54) is 5.57 Å². The first-order chi connectivity index (χ1) is 11.3. The zero-order valence-corrected chi connectivity index (χ0v) is 15.0. The molecule has 0 unspecified atom stereocenters. The second-order valence-corrected chi connectivity index (χ2v) is 7.31. The summed E-state index contributed by atoms with van der Waals surface area (Å²) < 4.78 is 5.76. The van der Waals surface area contributed by atoms with Gasteiger partial charge in [-0.1, -0.05) is 26.0 Å². The minimum Gasteiger partial charge on any atom is -0.458 e. The van der Waals surface area contributed by atoms with Gasteiger partial charge in [-0.05, 0) is 44.4 Å². The lowest BCUT2D eigenvalue weighted by atomic mass is 9.60. The van der Waals surface area contributed by atoms with Crippen molar-refractivity contribution in [2.24, 2.45) is 11.3 Å². The number of allylic oxidation sites excluding steroid dienone is 4. The van der Waals surface area contributed by atoms with Crippen LogP contribution in [0, 0.1) is 11.3 Å². The van der Waals surface area contributed by atoms with Crippen LogP contribution in [0.2, 0.25) is 0 Å². The third-order valence-electron chi connectivity index (χ3n) is 6.02. The minimum absolute atomic E-state index is 0.00145. The summed E-state index contributed by atoms with van der Waals surface area (Å²) >= 11 is 0. The molecule has 0 fully saturated rings. The fraction of sp³-hybridized carbons (Fsp3) is 0.500. The number of hydrogen-bond acceptors (Lipinski definition) is 3. The molecule has 0 bridgehead atoms. The van der Waals surface area contributed by atoms with E-state index in [0.29, 0.717) is 12.0 Å². The van der Waals surface area contributed by atoms with E-state index >= 15 is 0 Å². The molecule has 3 atom stereocenters. The summed E-state index contributed by atoms with van der Waals surface area (Å²) in [7, 11) is 0. The highest BCUT2D eigenvalue weighted by Gasteiger charge is 2.47. The van der Waals surface area contributed by atoms with Gasteiger partial charge in [-0.3, -0.25) is 4.79 Å². The van der Waals surface area contributed by atoms with Gasteiger partial charge in [0.1, 0.15) is 6.10 Å². The molecule has 24 heavy (non-hydrogen) atoms. The lowest BCUT2D eigenvalue weighted by Gasteiger charge is -2.46. The molecule has 0 saturated heterocycles. The topological polar surface area (TPSA) is 55.4 Å². The number of carbonyl (C=O) groups excluding carboxylic acids is 2. The molecule has 128 valence electrons. The molecule has 0 aromatic carbocycles. The molecule has 3 aliphatic rings. The van der Waals surface area contributed by atoms with Gasteiger partial charge in [-0.2, -0.15) is 0 Å². The molecule has 0 radical (unpaired) electrons. The van der Waals surface area contributed by atoms with E-state index in [2.05, 4.69) is 31.3 Å². The zero-order valence-electron chi connectivity index (χ0n) is 15.0. The lowest BCUT2D eigenvalue weighted by Crippen LogP contribution is -2.42. The summed E-state index contributed by atoms with van der Waals surface area (Å²) in [6.45, 7) is 9.85. The van der Waals surface area contributed by atoms with E-state index in [4.69, 9.17) is 4.74 Å². The predicted octanol–water partition coefficient (Wildman–Crippen LogP) is 3.57. The van der Waals surface area contributed by atoms with Crippen molar-refractivity contribution in [2.75, 3.05) is 0 Å². The molecule has 2 aliphatic carbocycles. The normalized spacial score (nSPS) is 32.5. The number of amides is 1. The number of carbonyl (C=O) groups is 2. The second kappa shape index (κ2) is 5.76. The number of nitrogens with one attached hydrogen (secondary N) is 1. The Labute approximate surface area is 143 Å². The van der Waals surface area contributed by atoms with Crippen molar-refractivity contribution in [2.45, 2.75) is 53.6 Å². The average Bonchev–Trinajstić information content (AvgIpc) is 2.82. The lowest BCUT2D eigenvalue weighted by molar-refractivity contribution is -0.149. The SMILES string of the molecule is C/C=C(/C)C(=O)O[C@H]1CC=C2C=C3NC(=O)C(C)=C3C[C@]2(C)[C@H]1C. The molecule has 1 amide bonds. The van der Waals surface area contributed by atoms with Crippen LogP contribution in [0.15, 0.2) is 46.2 Å². The van der Waals surface area contributed by atoms with Gasteiger partial charge in [-0.15, -0.1) is 0 Å². The van der Waals surface area contributed by atoms with Gasteiger partial charge in [0.2, 0.25) is 0 Å². The first-order valence-electron chi connectivity index (χ1n) is 8.55. The van der Waals surface area contributed by atoms with Crippen LogP contribution < -0.4 is 5.32 Å². The Kier molecular flexibility index (Phi) is 4.02. The van der Waals surface area contributed by atoms with Gasteiger partial charge in [0.05, 0.1) is 0 Å². The molecule has 4 heteroatoms. The van der Waals surface area contributed by atoms with Gasteiger partial charge in [0.25, 0.3) is 5.91 Å². The van der Waals surface area contributed by atoms with Crippen molar-refractivity contribution in [3.05, 3.63) is 46.2 Å². The van der Waals surface area contributed by atoms with Crippen LogP contribution in [-0.4, -0.2) is 18.0 Å². The Balaban J connectivity index is 1.91. The van der Waals surface area contributed by atoms with Crippen molar-refractivity contribution >= 4 is 11.9 Å². The molecule has 1 heterocycles. The van der Waals surface area contributed by atoms with Crippen molar-refractivity contribution in [1.82, 2.24) is 5.32 Å². The fourth-order valence-corrected chi connectivity index (χ4v) is 3.84. The predicted molar refractivity (Wildman–Crippen MR) is 92.8 cm³/mol. The molecule has 0 aromatic heterocycles. The van der Waals surface area contributed by atoms with Gasteiger partial charge in [0, 0.05) is 34.6 Å². The summed E-state index contributed by atoms with van der Waals surface area (Å²) in [4.78, 5) is 24.1. The van der Waals surface area contributed by atoms with E-state index in [1.807, 2.05) is 13.8 Å². The Bertz CT molecular complexity index is 738. The molecule has 1 N–H and O–H groups in total. The van der Waals surface area contributed by atoms with E-state index in [0.717, 1.165) is 23.3 Å². The molecular weight excluding hydrogens is 302 g/mol. The van der Waals surface area contributed by atoms with Crippen molar-refractivity contribution in [3.8, 4) is 0 Å². The highest BCUT2D eigenvalue weighted by molar-refractivity contribution is 6.00. The molecule has 4 nitrogen and oxygen atoms in total. The number of rotatable bonds is 2. The second-order valence-electron chi connectivity index (χ2n) is 7.31. The first kappa shape index (κ1) is 16.7. The number of ether oxygens (including phenoxy) is 1. The molecule has 0 spiro atoms. The summed E-state index contributed by atoms with van der Waals surface area (Å²) in [5, 5.41) is 2.95. The van der Waals surface area contributed by atoms with Crippen LogP contribution in [-0.2, 0) is 14.3 Å². The Morgan fingerprint density at radius 3 is 2.83 bits per heavy atom. The van der Waals surface area contributed by atoms with Gasteiger partial charge in [-0.25, -0.2) is 4.79 Å². The van der Waals surface area contributed by atoms with E-state index < -0.39 is 0 Å². The van der Waals surface area contributed by atoms with Crippen LogP contribution in [0.5, 0.6) is 0 Å². The Hall–Kier alpha value is -2.10. The average molecular weight is 327 g/mol. The number of hydrogen-bond donors (Lipinski definition) is 1. The van der Waals surface area contributed by atoms with Crippen molar-refractivity contribution in [1.29, 1.82) is 0 Å². The molecular formula is C20H25NO3. The molecule has 0 saturated carbocycles. The Morgan fingerprint density at radius 1 is 1.46 bits per heavy atom. The Morgan fingerprint density at radius 2 is 2.17 bits per heavy atom. The third kappa shape index (κ3) is 2.45. The third-order valence-corrected chi connectivity index (χ3v) is 6.02. The zero-order chi connectivity index (χ0) is 17.6. The van der Waals surface area contributed by atoms with E-state index in [1.54, 1.807) is 13.0 Å². The molecule has 1 aliphatic heterocycles. The van der Waals surface area contributed by atoms with Gasteiger partial charge >= 0.3 is 5.97 Å². The van der Waals surface area contributed by atoms with Crippen LogP contribution >= 0.6 is 0 Å². The van der Waals surface area contributed by atoms with Crippen LogP contribution in [0.1, 0.15) is 47.5 Å². The van der Waals surface area contributed by atoms with Crippen molar-refractivity contribution in [3.63, 3.8) is 0 Å². The highest BCUT2D eigenvalue weighted by atomic mass is 16.5. The van der Waals surface area contributed by atoms with Crippen LogP contribution in [0.25, 0.3) is 0 Å². The largest absolute Gasteiger partial charge is 0.458 e. The minimum atomic E-state index is -0.241. The van der Waals surface area contributed by atoms with Gasteiger partial charge < -0.3 is 10.1 Å². The maximum absolute atomic E-state index is 12.1. The van der Waals surface area contributed by atoms with Crippen LogP contribution in [0.3, 0.4) is 0 Å². The summed E-state index contributed by atoms with van der Waals surface area (Å²) in [5.41, 5.74) is 4.59. The first-order valence-corrected chi connectivity index (χ1v) is 8.55. The summed E-state index contributed by atoms with van der Waals surface area (Å²) in [5.74, 6) is -0.0618. The smallest absolute Gasteiger partial charge is 0.333 e. The highest BCUT2D eigenvalue weighted by Crippen LogP contribution is 2.52.